The van der Waals surface area contributed by atoms with Crippen LogP contribution in [-0.4, -0.2) is 27.2 Å². The smallest absolute Gasteiger partial charge is 0.163 e. The second-order valence-corrected chi connectivity index (χ2v) is 5.91. The van der Waals surface area contributed by atoms with Gasteiger partial charge >= 0.3 is 0 Å². The van der Waals surface area contributed by atoms with Crippen LogP contribution in [0.2, 0.25) is 0 Å². The van der Waals surface area contributed by atoms with E-state index in [2.05, 4.69) is 32.3 Å². The summed E-state index contributed by atoms with van der Waals surface area (Å²) in [6.07, 6.45) is 0. The third kappa shape index (κ3) is 2.89. The van der Waals surface area contributed by atoms with E-state index in [0.717, 1.165) is 23.3 Å². The zero-order valence-electron chi connectivity index (χ0n) is 13.8. The molecule has 25 heavy (non-hydrogen) atoms. The highest BCUT2D eigenvalue weighted by molar-refractivity contribution is 5.96. The second kappa shape index (κ2) is 6.24. The molecule has 0 atom stereocenters. The molecule has 0 aliphatic rings. The largest absolute Gasteiger partial charge is 0.383 e. The van der Waals surface area contributed by atoms with Crippen LogP contribution < -0.4 is 10.6 Å². The Bertz CT molecular complexity index is 995. The maximum Gasteiger partial charge on any atom is 0.163 e. The SMILES string of the molecule is CN(Cc1ccccc1)c1n[nH]c2nc(-c3ccccc3)nc(N)c12. The number of H-pyrrole nitrogens is 1. The van der Waals surface area contributed by atoms with E-state index < -0.39 is 0 Å². The Kier molecular flexibility index (Phi) is 3.78. The van der Waals surface area contributed by atoms with E-state index in [0.29, 0.717) is 17.3 Å². The van der Waals surface area contributed by atoms with Crippen molar-refractivity contribution in [2.45, 2.75) is 6.54 Å². The van der Waals surface area contributed by atoms with Crippen LogP contribution in [0.5, 0.6) is 0 Å². The number of nitrogen functional groups attached to an aromatic ring is 1. The molecule has 3 N–H and O–H groups in total. The van der Waals surface area contributed by atoms with Crippen molar-refractivity contribution >= 4 is 22.7 Å². The van der Waals surface area contributed by atoms with Crippen LogP contribution in [0.3, 0.4) is 0 Å². The van der Waals surface area contributed by atoms with Gasteiger partial charge in [0.25, 0.3) is 0 Å². The van der Waals surface area contributed by atoms with Crippen molar-refractivity contribution in [3.05, 3.63) is 66.2 Å². The van der Waals surface area contributed by atoms with Crippen LogP contribution in [0, 0.1) is 0 Å². The van der Waals surface area contributed by atoms with Gasteiger partial charge in [0.1, 0.15) is 11.2 Å². The molecule has 0 spiro atoms. The first-order chi connectivity index (χ1) is 12.2. The molecule has 2 heterocycles. The predicted molar refractivity (Wildman–Crippen MR) is 100 cm³/mol. The van der Waals surface area contributed by atoms with Gasteiger partial charge in [-0.3, -0.25) is 5.10 Å². The molecule has 0 bridgehead atoms. The topological polar surface area (TPSA) is 83.7 Å². The Morgan fingerprint density at radius 1 is 0.960 bits per heavy atom. The van der Waals surface area contributed by atoms with E-state index in [9.17, 15) is 0 Å². The summed E-state index contributed by atoms with van der Waals surface area (Å²) in [5, 5.41) is 8.14. The molecule has 2 aromatic carbocycles. The average molecular weight is 330 g/mol. The van der Waals surface area contributed by atoms with Gasteiger partial charge in [-0.2, -0.15) is 5.10 Å². The number of hydrogen-bond donors (Lipinski definition) is 2. The fourth-order valence-electron chi connectivity index (χ4n) is 2.87. The summed E-state index contributed by atoms with van der Waals surface area (Å²) in [5.74, 6) is 1.76. The van der Waals surface area contributed by atoms with Crippen molar-refractivity contribution in [1.82, 2.24) is 20.2 Å². The van der Waals surface area contributed by atoms with E-state index in [1.54, 1.807) is 0 Å². The summed E-state index contributed by atoms with van der Waals surface area (Å²) in [6.45, 7) is 0.723. The van der Waals surface area contributed by atoms with Crippen LogP contribution in [0.1, 0.15) is 5.56 Å². The fraction of sp³-hybridized carbons (Fsp3) is 0.105. The molecule has 0 aliphatic heterocycles. The highest BCUT2D eigenvalue weighted by Gasteiger charge is 2.17. The fourth-order valence-corrected chi connectivity index (χ4v) is 2.87. The molecule has 0 saturated carbocycles. The number of nitrogens with two attached hydrogens (primary N) is 1. The Morgan fingerprint density at radius 3 is 2.36 bits per heavy atom. The molecule has 4 aromatic rings. The van der Waals surface area contributed by atoms with Crippen molar-refractivity contribution < 1.29 is 0 Å². The Morgan fingerprint density at radius 2 is 1.64 bits per heavy atom. The standard InChI is InChI=1S/C19H18N6/c1-25(12-13-8-4-2-5-9-13)19-15-16(20)21-17(22-18(15)23-24-19)14-10-6-3-7-11-14/h2-11H,12H2,1H3,(H3,20,21,22,23,24). The van der Waals surface area contributed by atoms with Crippen LogP contribution in [0.4, 0.5) is 11.6 Å². The van der Waals surface area contributed by atoms with E-state index in [1.807, 2.05) is 60.5 Å². The van der Waals surface area contributed by atoms with Crippen molar-refractivity contribution in [2.75, 3.05) is 17.7 Å². The summed E-state index contributed by atoms with van der Waals surface area (Å²) in [4.78, 5) is 11.1. The lowest BCUT2D eigenvalue weighted by molar-refractivity contribution is 0.891. The monoisotopic (exact) mass is 330 g/mol. The zero-order chi connectivity index (χ0) is 17.2. The second-order valence-electron chi connectivity index (χ2n) is 5.91. The van der Waals surface area contributed by atoms with Crippen molar-refractivity contribution in [1.29, 1.82) is 0 Å². The summed E-state index contributed by atoms with van der Waals surface area (Å²) >= 11 is 0. The predicted octanol–water partition coefficient (Wildman–Crippen LogP) is 3.24. The van der Waals surface area contributed by atoms with Gasteiger partial charge in [-0.1, -0.05) is 60.7 Å². The first kappa shape index (κ1) is 15.1. The highest BCUT2D eigenvalue weighted by Crippen LogP contribution is 2.29. The quantitative estimate of drug-likeness (QED) is 0.600. The maximum atomic E-state index is 6.23. The molecular weight excluding hydrogens is 312 g/mol. The van der Waals surface area contributed by atoms with Gasteiger partial charge in [0.05, 0.1) is 0 Å². The van der Waals surface area contributed by atoms with Gasteiger partial charge < -0.3 is 10.6 Å². The minimum atomic E-state index is 0.424. The minimum Gasteiger partial charge on any atom is -0.383 e. The third-order valence-corrected chi connectivity index (χ3v) is 4.08. The van der Waals surface area contributed by atoms with Gasteiger partial charge in [0.2, 0.25) is 0 Å². The first-order valence-corrected chi connectivity index (χ1v) is 8.04. The normalized spacial score (nSPS) is 10.9. The molecule has 0 aliphatic carbocycles. The van der Waals surface area contributed by atoms with E-state index in [1.165, 1.54) is 5.56 Å². The molecule has 0 radical (unpaired) electrons. The summed E-state index contributed by atoms with van der Waals surface area (Å²) in [7, 11) is 1.98. The average Bonchev–Trinajstić information content (AvgIpc) is 3.08. The molecule has 0 fully saturated rings. The highest BCUT2D eigenvalue weighted by atomic mass is 15.3. The molecule has 0 unspecified atom stereocenters. The Hall–Kier alpha value is -3.41. The molecule has 0 saturated heterocycles. The zero-order valence-corrected chi connectivity index (χ0v) is 13.8. The summed E-state index contributed by atoms with van der Waals surface area (Å²) in [6, 6.07) is 20.0. The van der Waals surface area contributed by atoms with Crippen molar-refractivity contribution in [3.63, 3.8) is 0 Å². The lowest BCUT2D eigenvalue weighted by Gasteiger charge is -2.17. The number of nitrogens with one attached hydrogen (secondary N) is 1. The van der Waals surface area contributed by atoms with Crippen molar-refractivity contribution in [2.24, 2.45) is 0 Å². The third-order valence-electron chi connectivity index (χ3n) is 4.08. The van der Waals surface area contributed by atoms with Crippen LogP contribution in [-0.2, 0) is 6.54 Å². The van der Waals surface area contributed by atoms with Crippen LogP contribution >= 0.6 is 0 Å². The molecule has 124 valence electrons. The van der Waals surface area contributed by atoms with Crippen molar-refractivity contribution in [3.8, 4) is 11.4 Å². The number of aromatic amines is 1. The summed E-state index contributed by atoms with van der Waals surface area (Å²) in [5.41, 5.74) is 8.99. The Balaban J connectivity index is 1.72. The minimum absolute atomic E-state index is 0.424. The van der Waals surface area contributed by atoms with Gasteiger partial charge in [0, 0.05) is 19.2 Å². The van der Waals surface area contributed by atoms with E-state index in [-0.39, 0.29) is 0 Å². The lowest BCUT2D eigenvalue weighted by atomic mass is 10.2. The number of nitrogens with zero attached hydrogens (tertiary/aromatic N) is 4. The number of rotatable bonds is 4. The van der Waals surface area contributed by atoms with Crippen LogP contribution in [0.15, 0.2) is 60.7 Å². The van der Waals surface area contributed by atoms with E-state index >= 15 is 0 Å². The Labute approximate surface area is 145 Å². The van der Waals surface area contributed by atoms with Gasteiger partial charge in [-0.15, -0.1) is 0 Å². The number of fused-ring (bicyclic) bond motifs is 1. The van der Waals surface area contributed by atoms with Gasteiger partial charge in [0.15, 0.2) is 17.3 Å². The van der Waals surface area contributed by atoms with Gasteiger partial charge in [-0.05, 0) is 5.56 Å². The van der Waals surface area contributed by atoms with Crippen LogP contribution in [0.25, 0.3) is 22.4 Å². The maximum absolute atomic E-state index is 6.23. The molecule has 6 heteroatoms. The summed E-state index contributed by atoms with van der Waals surface area (Å²) < 4.78 is 0. The van der Waals surface area contributed by atoms with E-state index in [4.69, 9.17) is 5.73 Å². The molecule has 2 aromatic heterocycles. The number of aromatic nitrogens is 4. The number of anilines is 2. The molecule has 0 amide bonds. The number of hydrogen-bond acceptors (Lipinski definition) is 5. The van der Waals surface area contributed by atoms with Gasteiger partial charge in [-0.25, -0.2) is 9.97 Å². The molecule has 6 nitrogen and oxygen atoms in total. The first-order valence-electron chi connectivity index (χ1n) is 8.04. The lowest BCUT2D eigenvalue weighted by Crippen LogP contribution is -2.17. The molecular formula is C19H18N6. The molecule has 4 rings (SSSR count). The number of benzene rings is 2.